The van der Waals surface area contributed by atoms with Crippen molar-refractivity contribution in [1.29, 1.82) is 5.26 Å². The maximum atomic E-state index is 13.4. The van der Waals surface area contributed by atoms with Gasteiger partial charge in [-0.15, -0.1) is 0 Å². The van der Waals surface area contributed by atoms with E-state index in [1.54, 1.807) is 30.9 Å². The first-order valence-electron chi connectivity index (χ1n) is 9.84. The number of rotatable bonds is 6. The molecule has 7 heteroatoms. The number of aromatic nitrogens is 2. The van der Waals surface area contributed by atoms with Crippen LogP contribution in [-0.2, 0) is 7.05 Å². The standard InChI is InChI=1S/C23H23N5O2/c1-28-22(29)20(16-7-9-19(30-2)10-8-16)21(17-5-3-15(13-24)4-6-17)27-23(28)26-14-18-11-12-25-18/h3-10,18,25H,11-12,14H2,1-2H3,(H,26,27). The van der Waals surface area contributed by atoms with Gasteiger partial charge in [-0.1, -0.05) is 24.3 Å². The van der Waals surface area contributed by atoms with E-state index < -0.39 is 0 Å². The Morgan fingerprint density at radius 1 is 1.20 bits per heavy atom. The summed E-state index contributed by atoms with van der Waals surface area (Å²) in [7, 11) is 3.33. The summed E-state index contributed by atoms with van der Waals surface area (Å²) in [6, 6.07) is 17.0. The first kappa shape index (κ1) is 19.7. The smallest absolute Gasteiger partial charge is 0.263 e. The quantitative estimate of drug-likeness (QED) is 0.660. The Bertz CT molecular complexity index is 1140. The van der Waals surface area contributed by atoms with Crippen molar-refractivity contribution in [2.75, 3.05) is 25.5 Å². The third-order valence-electron chi connectivity index (χ3n) is 5.39. The van der Waals surface area contributed by atoms with Crippen LogP contribution in [0.2, 0.25) is 0 Å². The molecule has 1 aromatic heterocycles. The predicted octanol–water partition coefficient (Wildman–Crippen LogP) is 2.77. The number of hydrogen-bond acceptors (Lipinski definition) is 6. The lowest BCUT2D eigenvalue weighted by Gasteiger charge is -2.28. The van der Waals surface area contributed by atoms with Crippen molar-refractivity contribution >= 4 is 5.95 Å². The van der Waals surface area contributed by atoms with Crippen molar-refractivity contribution in [3.05, 3.63) is 64.4 Å². The van der Waals surface area contributed by atoms with Crippen molar-refractivity contribution in [3.8, 4) is 34.2 Å². The Labute approximate surface area is 175 Å². The molecular weight excluding hydrogens is 378 g/mol. The van der Waals surface area contributed by atoms with Gasteiger partial charge in [0.05, 0.1) is 30.0 Å². The average molecular weight is 401 g/mol. The lowest BCUT2D eigenvalue weighted by molar-refractivity contribution is 0.386. The fourth-order valence-corrected chi connectivity index (χ4v) is 3.43. The maximum absolute atomic E-state index is 13.4. The second-order valence-corrected chi connectivity index (χ2v) is 7.26. The Balaban J connectivity index is 1.84. The van der Waals surface area contributed by atoms with Gasteiger partial charge in [-0.2, -0.15) is 5.26 Å². The zero-order valence-electron chi connectivity index (χ0n) is 17.0. The van der Waals surface area contributed by atoms with Crippen LogP contribution in [-0.4, -0.2) is 35.8 Å². The molecule has 1 atom stereocenters. The van der Waals surface area contributed by atoms with Gasteiger partial charge >= 0.3 is 0 Å². The van der Waals surface area contributed by atoms with Crippen LogP contribution in [0.4, 0.5) is 5.95 Å². The maximum Gasteiger partial charge on any atom is 0.263 e. The Kier molecular flexibility index (Phi) is 5.50. The van der Waals surface area contributed by atoms with Gasteiger partial charge in [0, 0.05) is 25.2 Å². The molecule has 152 valence electrons. The van der Waals surface area contributed by atoms with E-state index in [0.29, 0.717) is 35.4 Å². The van der Waals surface area contributed by atoms with Crippen molar-refractivity contribution in [3.63, 3.8) is 0 Å². The van der Waals surface area contributed by atoms with Gasteiger partial charge in [-0.05, 0) is 42.8 Å². The lowest BCUT2D eigenvalue weighted by Crippen LogP contribution is -2.47. The summed E-state index contributed by atoms with van der Waals surface area (Å²) < 4.78 is 6.79. The van der Waals surface area contributed by atoms with E-state index in [1.165, 1.54) is 0 Å². The van der Waals surface area contributed by atoms with Crippen LogP contribution >= 0.6 is 0 Å². The fourth-order valence-electron chi connectivity index (χ4n) is 3.43. The zero-order chi connectivity index (χ0) is 21.1. The van der Waals surface area contributed by atoms with E-state index in [4.69, 9.17) is 15.0 Å². The normalized spacial score (nSPS) is 15.2. The molecule has 1 fully saturated rings. The third-order valence-corrected chi connectivity index (χ3v) is 5.39. The highest BCUT2D eigenvalue weighted by molar-refractivity contribution is 5.81. The minimum atomic E-state index is -0.140. The monoisotopic (exact) mass is 401 g/mol. The van der Waals surface area contributed by atoms with Crippen molar-refractivity contribution in [1.82, 2.24) is 14.9 Å². The topological polar surface area (TPSA) is 92.0 Å². The number of benzene rings is 2. The largest absolute Gasteiger partial charge is 0.497 e. The van der Waals surface area contributed by atoms with Crippen molar-refractivity contribution in [2.45, 2.75) is 12.5 Å². The third kappa shape index (κ3) is 3.78. The van der Waals surface area contributed by atoms with Crippen molar-refractivity contribution < 1.29 is 4.74 Å². The number of anilines is 1. The van der Waals surface area contributed by atoms with Crippen LogP contribution < -0.4 is 20.9 Å². The van der Waals surface area contributed by atoms with Crippen LogP contribution in [0.3, 0.4) is 0 Å². The molecule has 7 nitrogen and oxygen atoms in total. The van der Waals surface area contributed by atoms with Crippen LogP contribution in [0.25, 0.3) is 22.4 Å². The molecule has 0 spiro atoms. The molecule has 2 aromatic carbocycles. The van der Waals surface area contributed by atoms with E-state index in [2.05, 4.69) is 16.7 Å². The average Bonchev–Trinajstić information content (AvgIpc) is 2.75. The molecule has 2 N–H and O–H groups in total. The van der Waals surface area contributed by atoms with Gasteiger partial charge in [0.15, 0.2) is 0 Å². The van der Waals surface area contributed by atoms with Crippen LogP contribution in [0, 0.1) is 11.3 Å². The zero-order valence-corrected chi connectivity index (χ0v) is 17.0. The summed E-state index contributed by atoms with van der Waals surface area (Å²) in [6.45, 7) is 1.72. The summed E-state index contributed by atoms with van der Waals surface area (Å²) in [5, 5.41) is 15.7. The first-order chi connectivity index (χ1) is 14.6. The van der Waals surface area contributed by atoms with Crippen LogP contribution in [0.1, 0.15) is 12.0 Å². The minimum Gasteiger partial charge on any atom is -0.497 e. The number of nitrogens with one attached hydrogen (secondary N) is 2. The van der Waals surface area contributed by atoms with Gasteiger partial charge in [0.25, 0.3) is 5.56 Å². The fraction of sp³-hybridized carbons (Fsp3) is 0.261. The number of nitrogens with zero attached hydrogens (tertiary/aromatic N) is 3. The predicted molar refractivity (Wildman–Crippen MR) is 117 cm³/mol. The second kappa shape index (κ2) is 8.39. The van der Waals surface area contributed by atoms with E-state index in [9.17, 15) is 4.79 Å². The summed E-state index contributed by atoms with van der Waals surface area (Å²) in [4.78, 5) is 18.2. The molecule has 0 aliphatic carbocycles. The van der Waals surface area contributed by atoms with Gasteiger partial charge in [0.2, 0.25) is 5.95 Å². The molecule has 0 radical (unpaired) electrons. The summed E-state index contributed by atoms with van der Waals surface area (Å²) >= 11 is 0. The van der Waals surface area contributed by atoms with Crippen LogP contribution in [0.5, 0.6) is 5.75 Å². The molecule has 1 saturated heterocycles. The minimum absolute atomic E-state index is 0.140. The molecular formula is C23H23N5O2. The van der Waals surface area contributed by atoms with Gasteiger partial charge in [0.1, 0.15) is 5.75 Å². The molecule has 1 aliphatic heterocycles. The lowest BCUT2D eigenvalue weighted by atomic mass is 9.99. The van der Waals surface area contributed by atoms with Gasteiger partial charge in [-0.3, -0.25) is 9.36 Å². The Morgan fingerprint density at radius 3 is 2.43 bits per heavy atom. The number of methoxy groups -OCH3 is 1. The van der Waals surface area contributed by atoms with Crippen LogP contribution in [0.15, 0.2) is 53.3 Å². The van der Waals surface area contributed by atoms with Gasteiger partial charge in [-0.25, -0.2) is 4.98 Å². The van der Waals surface area contributed by atoms with Crippen molar-refractivity contribution in [2.24, 2.45) is 7.05 Å². The highest BCUT2D eigenvalue weighted by atomic mass is 16.5. The molecule has 2 heterocycles. The number of ether oxygens (including phenoxy) is 1. The number of hydrogen-bond donors (Lipinski definition) is 2. The molecule has 0 saturated carbocycles. The van der Waals surface area contributed by atoms with E-state index in [0.717, 1.165) is 29.8 Å². The molecule has 3 aromatic rings. The Morgan fingerprint density at radius 2 is 1.87 bits per heavy atom. The molecule has 1 aliphatic rings. The summed E-state index contributed by atoms with van der Waals surface area (Å²) in [5.41, 5.74) is 3.05. The molecule has 4 rings (SSSR count). The molecule has 1 unspecified atom stereocenters. The molecule has 0 amide bonds. The number of nitriles is 1. The highest BCUT2D eigenvalue weighted by Gasteiger charge is 2.20. The highest BCUT2D eigenvalue weighted by Crippen LogP contribution is 2.30. The molecule has 0 bridgehead atoms. The molecule has 30 heavy (non-hydrogen) atoms. The van der Waals surface area contributed by atoms with E-state index in [-0.39, 0.29) is 5.56 Å². The van der Waals surface area contributed by atoms with Gasteiger partial charge < -0.3 is 15.4 Å². The second-order valence-electron chi connectivity index (χ2n) is 7.26. The Hall–Kier alpha value is -3.63. The summed E-state index contributed by atoms with van der Waals surface area (Å²) in [5.74, 6) is 1.24. The van der Waals surface area contributed by atoms with E-state index >= 15 is 0 Å². The SMILES string of the molecule is COc1ccc(-c2c(-c3ccc(C#N)cc3)nc(NCC3CCN3)n(C)c2=O)cc1. The van der Waals surface area contributed by atoms with E-state index in [1.807, 2.05) is 36.4 Å². The first-order valence-corrected chi connectivity index (χ1v) is 9.84. The summed E-state index contributed by atoms with van der Waals surface area (Å²) in [6.07, 6.45) is 1.10.